The molecule has 108 valence electrons. The average molecular weight is 276 g/mol. The van der Waals surface area contributed by atoms with E-state index in [2.05, 4.69) is 11.4 Å². The van der Waals surface area contributed by atoms with Gasteiger partial charge < -0.3 is 19.4 Å². The summed E-state index contributed by atoms with van der Waals surface area (Å²) in [4.78, 5) is 11.4. The zero-order valence-electron chi connectivity index (χ0n) is 11.9. The molecule has 5 nitrogen and oxygen atoms in total. The summed E-state index contributed by atoms with van der Waals surface area (Å²) in [7, 11) is 3.09. The Hall–Kier alpha value is -1.85. The van der Waals surface area contributed by atoms with E-state index < -0.39 is 0 Å². The van der Waals surface area contributed by atoms with Crippen molar-refractivity contribution in [3.05, 3.63) is 36.0 Å². The molecule has 1 heterocycles. The molecule has 0 unspecified atom stereocenters. The standard InChI is InChI=1S/C15H20N2O3/c1-19-9-7-16-10-12-4-3-5-14-13(12)6-8-17(14)11-15(18)20-2/h3-6,8,16H,7,9-11H2,1-2H3. The lowest BCUT2D eigenvalue weighted by molar-refractivity contribution is -0.141. The van der Waals surface area contributed by atoms with E-state index in [1.165, 1.54) is 12.7 Å². The lowest BCUT2D eigenvalue weighted by Gasteiger charge is -2.07. The van der Waals surface area contributed by atoms with Gasteiger partial charge in [0, 0.05) is 37.3 Å². The molecule has 2 rings (SSSR count). The Morgan fingerprint density at radius 2 is 2.15 bits per heavy atom. The number of esters is 1. The van der Waals surface area contributed by atoms with E-state index in [9.17, 15) is 4.79 Å². The van der Waals surface area contributed by atoms with Gasteiger partial charge in [0.05, 0.1) is 13.7 Å². The fourth-order valence-electron chi connectivity index (χ4n) is 2.18. The van der Waals surface area contributed by atoms with Crippen molar-refractivity contribution in [2.75, 3.05) is 27.4 Å². The summed E-state index contributed by atoms with van der Waals surface area (Å²) in [6.07, 6.45) is 1.92. The van der Waals surface area contributed by atoms with E-state index in [1.807, 2.05) is 29.0 Å². The van der Waals surface area contributed by atoms with Gasteiger partial charge in [-0.3, -0.25) is 4.79 Å². The number of ether oxygens (including phenoxy) is 2. The van der Waals surface area contributed by atoms with Crippen LogP contribution in [-0.2, 0) is 27.4 Å². The van der Waals surface area contributed by atoms with Crippen LogP contribution in [0.3, 0.4) is 0 Å². The summed E-state index contributed by atoms with van der Waals surface area (Å²) in [5.41, 5.74) is 2.25. The third kappa shape index (κ3) is 3.37. The molecule has 20 heavy (non-hydrogen) atoms. The van der Waals surface area contributed by atoms with Crippen LogP contribution in [-0.4, -0.2) is 37.9 Å². The lowest BCUT2D eigenvalue weighted by atomic mass is 10.1. The largest absolute Gasteiger partial charge is 0.468 e. The monoisotopic (exact) mass is 276 g/mol. The second-order valence-electron chi connectivity index (χ2n) is 4.54. The van der Waals surface area contributed by atoms with Crippen LogP contribution in [0, 0.1) is 0 Å². The fraction of sp³-hybridized carbons (Fsp3) is 0.400. The molecule has 0 saturated carbocycles. The molecular weight excluding hydrogens is 256 g/mol. The summed E-state index contributed by atoms with van der Waals surface area (Å²) in [6.45, 7) is 2.53. The molecule has 2 aromatic rings. The summed E-state index contributed by atoms with van der Waals surface area (Å²) >= 11 is 0. The van der Waals surface area contributed by atoms with Gasteiger partial charge in [-0.2, -0.15) is 0 Å². The second kappa shape index (κ2) is 7.07. The number of rotatable bonds is 7. The third-order valence-corrected chi connectivity index (χ3v) is 3.23. The smallest absolute Gasteiger partial charge is 0.325 e. The highest BCUT2D eigenvalue weighted by Gasteiger charge is 2.08. The first-order valence-corrected chi connectivity index (χ1v) is 6.59. The van der Waals surface area contributed by atoms with Gasteiger partial charge in [-0.05, 0) is 17.7 Å². The average Bonchev–Trinajstić information content (AvgIpc) is 2.87. The number of carbonyl (C=O) groups excluding carboxylic acids is 1. The van der Waals surface area contributed by atoms with Gasteiger partial charge in [0.25, 0.3) is 0 Å². The minimum absolute atomic E-state index is 0.237. The molecule has 0 aliphatic heterocycles. The Bertz CT molecular complexity index is 578. The Morgan fingerprint density at radius 3 is 2.90 bits per heavy atom. The predicted octanol–water partition coefficient (Wildman–Crippen LogP) is 1.55. The van der Waals surface area contributed by atoms with Crippen LogP contribution in [0.2, 0.25) is 0 Å². The number of hydrogen-bond donors (Lipinski definition) is 1. The Kier molecular flexibility index (Phi) is 5.15. The minimum Gasteiger partial charge on any atom is -0.468 e. The molecule has 1 aromatic carbocycles. The van der Waals surface area contributed by atoms with Gasteiger partial charge in [0.15, 0.2) is 0 Å². The first-order chi connectivity index (χ1) is 9.76. The van der Waals surface area contributed by atoms with E-state index in [1.54, 1.807) is 7.11 Å². The molecule has 0 aliphatic rings. The molecule has 0 radical (unpaired) electrons. The normalized spacial score (nSPS) is 10.9. The summed E-state index contributed by atoms with van der Waals surface area (Å²) < 4.78 is 11.6. The van der Waals surface area contributed by atoms with Crippen LogP contribution in [0.15, 0.2) is 30.5 Å². The predicted molar refractivity (Wildman–Crippen MR) is 77.5 cm³/mol. The Morgan fingerprint density at radius 1 is 1.30 bits per heavy atom. The number of nitrogens with zero attached hydrogens (tertiary/aromatic N) is 1. The highest BCUT2D eigenvalue weighted by atomic mass is 16.5. The van der Waals surface area contributed by atoms with Crippen molar-refractivity contribution in [2.24, 2.45) is 0 Å². The van der Waals surface area contributed by atoms with Crippen molar-refractivity contribution < 1.29 is 14.3 Å². The molecule has 0 spiro atoms. The van der Waals surface area contributed by atoms with Crippen LogP contribution in [0.1, 0.15) is 5.56 Å². The van der Waals surface area contributed by atoms with Crippen molar-refractivity contribution >= 4 is 16.9 Å². The Balaban J connectivity index is 2.14. The molecule has 5 heteroatoms. The van der Waals surface area contributed by atoms with Gasteiger partial charge in [0.2, 0.25) is 0 Å². The first kappa shape index (κ1) is 14.6. The number of nitrogens with one attached hydrogen (secondary N) is 1. The lowest BCUT2D eigenvalue weighted by Crippen LogP contribution is -2.18. The summed E-state index contributed by atoms with van der Waals surface area (Å²) in [6, 6.07) is 8.14. The van der Waals surface area contributed by atoms with Gasteiger partial charge >= 0.3 is 5.97 Å². The number of aromatic nitrogens is 1. The van der Waals surface area contributed by atoms with E-state index in [-0.39, 0.29) is 12.5 Å². The SMILES string of the molecule is COCCNCc1cccc2c1ccn2CC(=O)OC. The topological polar surface area (TPSA) is 52.5 Å². The van der Waals surface area contributed by atoms with Crippen molar-refractivity contribution in [1.82, 2.24) is 9.88 Å². The van der Waals surface area contributed by atoms with Gasteiger partial charge in [0.1, 0.15) is 6.54 Å². The highest BCUT2D eigenvalue weighted by Crippen LogP contribution is 2.20. The van der Waals surface area contributed by atoms with Crippen LogP contribution < -0.4 is 5.32 Å². The van der Waals surface area contributed by atoms with Crippen LogP contribution in [0.4, 0.5) is 0 Å². The first-order valence-electron chi connectivity index (χ1n) is 6.59. The number of hydrogen-bond acceptors (Lipinski definition) is 4. The van der Waals surface area contributed by atoms with Gasteiger partial charge in [-0.15, -0.1) is 0 Å². The zero-order chi connectivity index (χ0) is 14.4. The number of fused-ring (bicyclic) bond motifs is 1. The van der Waals surface area contributed by atoms with Crippen LogP contribution >= 0.6 is 0 Å². The Labute approximate surface area is 118 Å². The van der Waals surface area contributed by atoms with E-state index >= 15 is 0 Å². The highest BCUT2D eigenvalue weighted by molar-refractivity contribution is 5.85. The minimum atomic E-state index is -0.244. The number of methoxy groups -OCH3 is 2. The molecular formula is C15H20N2O3. The van der Waals surface area contributed by atoms with Crippen molar-refractivity contribution in [3.63, 3.8) is 0 Å². The van der Waals surface area contributed by atoms with E-state index in [4.69, 9.17) is 9.47 Å². The summed E-state index contributed by atoms with van der Waals surface area (Å²) in [5.74, 6) is -0.244. The maximum atomic E-state index is 11.4. The van der Waals surface area contributed by atoms with Crippen LogP contribution in [0.5, 0.6) is 0 Å². The number of benzene rings is 1. The van der Waals surface area contributed by atoms with Crippen molar-refractivity contribution in [3.8, 4) is 0 Å². The second-order valence-corrected chi connectivity index (χ2v) is 4.54. The third-order valence-electron chi connectivity index (χ3n) is 3.23. The molecule has 0 saturated heterocycles. The maximum absolute atomic E-state index is 11.4. The molecule has 0 fully saturated rings. The van der Waals surface area contributed by atoms with E-state index in [0.29, 0.717) is 6.61 Å². The van der Waals surface area contributed by atoms with Crippen molar-refractivity contribution in [1.29, 1.82) is 0 Å². The van der Waals surface area contributed by atoms with Gasteiger partial charge in [-0.1, -0.05) is 12.1 Å². The fourth-order valence-corrected chi connectivity index (χ4v) is 2.18. The molecule has 0 amide bonds. The van der Waals surface area contributed by atoms with Gasteiger partial charge in [-0.25, -0.2) is 0 Å². The molecule has 0 bridgehead atoms. The van der Waals surface area contributed by atoms with E-state index in [0.717, 1.165) is 24.0 Å². The molecule has 0 atom stereocenters. The van der Waals surface area contributed by atoms with Crippen LogP contribution in [0.25, 0.3) is 10.9 Å². The molecule has 0 aliphatic carbocycles. The van der Waals surface area contributed by atoms with Crippen molar-refractivity contribution in [2.45, 2.75) is 13.1 Å². The number of carbonyl (C=O) groups is 1. The summed E-state index contributed by atoms with van der Waals surface area (Å²) in [5, 5.41) is 4.48. The molecule has 1 aromatic heterocycles. The quantitative estimate of drug-likeness (QED) is 0.616. The maximum Gasteiger partial charge on any atom is 0.325 e. The zero-order valence-corrected chi connectivity index (χ0v) is 11.9. The molecule has 1 N–H and O–H groups in total.